The number of halogens is 2. The molecule has 0 aliphatic carbocycles. The van der Waals surface area contributed by atoms with Crippen LogP contribution in [0.3, 0.4) is 0 Å². The van der Waals surface area contributed by atoms with E-state index in [0.29, 0.717) is 16.3 Å². The topological polar surface area (TPSA) is 65.2 Å². The summed E-state index contributed by atoms with van der Waals surface area (Å²) in [5.74, 6) is -0.438. The second-order valence-electron chi connectivity index (χ2n) is 4.03. The lowest BCUT2D eigenvalue weighted by Crippen LogP contribution is -2.14. The van der Waals surface area contributed by atoms with Crippen molar-refractivity contribution in [1.82, 2.24) is 0 Å². The highest BCUT2D eigenvalue weighted by Crippen LogP contribution is 2.14. The highest BCUT2D eigenvalue weighted by molar-refractivity contribution is 9.10. The fourth-order valence-corrected chi connectivity index (χ4v) is 1.90. The normalized spacial score (nSPS) is 10.8. The Balaban J connectivity index is 2.17. The van der Waals surface area contributed by atoms with Gasteiger partial charge in [0, 0.05) is 15.1 Å². The molecule has 2 aromatic rings. The van der Waals surface area contributed by atoms with Crippen LogP contribution in [0.15, 0.2) is 58.1 Å². The third-order valence-corrected chi connectivity index (χ3v) is 3.35. The minimum Gasteiger partial charge on any atom is -0.286 e. The van der Waals surface area contributed by atoms with Gasteiger partial charge in [0.25, 0.3) is 0 Å². The molecule has 0 radical (unpaired) electrons. The van der Waals surface area contributed by atoms with Crippen LogP contribution < -0.4 is 5.43 Å². The van der Waals surface area contributed by atoms with Crippen LogP contribution >= 0.6 is 27.5 Å². The van der Waals surface area contributed by atoms with Gasteiger partial charge in [-0.3, -0.25) is 10.2 Å². The molecular formula is C15H9BrClN3O. The van der Waals surface area contributed by atoms with Crippen LogP contribution in [0, 0.1) is 11.3 Å². The summed E-state index contributed by atoms with van der Waals surface area (Å²) in [4.78, 5) is 12.1. The maximum atomic E-state index is 12.1. The molecule has 0 saturated carbocycles. The zero-order chi connectivity index (χ0) is 15.2. The zero-order valence-corrected chi connectivity index (χ0v) is 13.0. The SMILES string of the molecule is N#C/C(=N/Nc1ccc(Cl)cc1)C(=O)c1ccc(Br)cc1. The van der Waals surface area contributed by atoms with Crippen LogP contribution in [0.4, 0.5) is 5.69 Å². The van der Waals surface area contributed by atoms with E-state index in [1.54, 1.807) is 54.6 Å². The number of hydrogen-bond donors (Lipinski definition) is 1. The summed E-state index contributed by atoms with van der Waals surface area (Å²) in [7, 11) is 0. The summed E-state index contributed by atoms with van der Waals surface area (Å²) in [6.07, 6.45) is 0. The average molecular weight is 363 g/mol. The maximum Gasteiger partial charge on any atom is 0.223 e. The highest BCUT2D eigenvalue weighted by Gasteiger charge is 2.13. The molecule has 21 heavy (non-hydrogen) atoms. The highest BCUT2D eigenvalue weighted by atomic mass is 79.9. The Morgan fingerprint density at radius 1 is 1.14 bits per heavy atom. The molecule has 0 atom stereocenters. The summed E-state index contributed by atoms with van der Waals surface area (Å²) in [6, 6.07) is 15.3. The molecule has 4 nitrogen and oxygen atoms in total. The van der Waals surface area contributed by atoms with Crippen molar-refractivity contribution in [3.63, 3.8) is 0 Å². The minimum absolute atomic E-state index is 0.215. The number of rotatable bonds is 4. The standard InChI is InChI=1S/C15H9BrClN3O/c16-11-3-1-10(2-4-11)15(21)14(9-18)20-19-13-7-5-12(17)6-8-13/h1-8,19H/b20-14-. The third kappa shape index (κ3) is 4.15. The lowest BCUT2D eigenvalue weighted by molar-refractivity contribution is 0.106. The van der Waals surface area contributed by atoms with Gasteiger partial charge < -0.3 is 0 Å². The maximum absolute atomic E-state index is 12.1. The van der Waals surface area contributed by atoms with Crippen LogP contribution in [0.5, 0.6) is 0 Å². The van der Waals surface area contributed by atoms with Gasteiger partial charge in [-0.25, -0.2) is 0 Å². The summed E-state index contributed by atoms with van der Waals surface area (Å²) >= 11 is 9.06. The Labute approximate surface area is 135 Å². The van der Waals surface area contributed by atoms with E-state index < -0.39 is 5.78 Å². The summed E-state index contributed by atoms with van der Waals surface area (Å²) in [5.41, 5.74) is 3.48. The molecule has 2 rings (SSSR count). The van der Waals surface area contributed by atoms with E-state index >= 15 is 0 Å². The van der Waals surface area contributed by atoms with Gasteiger partial charge in [-0.05, 0) is 48.5 Å². The van der Waals surface area contributed by atoms with E-state index in [0.717, 1.165) is 4.47 Å². The predicted octanol–water partition coefficient (Wildman–Crippen LogP) is 4.28. The summed E-state index contributed by atoms with van der Waals surface area (Å²) < 4.78 is 0.855. The number of nitriles is 1. The number of carbonyl (C=O) groups is 1. The molecular weight excluding hydrogens is 354 g/mol. The predicted molar refractivity (Wildman–Crippen MR) is 86.6 cm³/mol. The van der Waals surface area contributed by atoms with Gasteiger partial charge in [0.1, 0.15) is 6.07 Å². The van der Waals surface area contributed by atoms with Crippen LogP contribution in [0.1, 0.15) is 10.4 Å². The number of nitrogens with one attached hydrogen (secondary N) is 1. The van der Waals surface area contributed by atoms with Crippen molar-refractivity contribution in [3.05, 3.63) is 63.6 Å². The van der Waals surface area contributed by atoms with Crippen molar-refractivity contribution in [2.45, 2.75) is 0 Å². The molecule has 0 amide bonds. The lowest BCUT2D eigenvalue weighted by atomic mass is 10.1. The number of nitrogens with zero attached hydrogens (tertiary/aromatic N) is 2. The average Bonchev–Trinajstić information content (AvgIpc) is 2.50. The number of carbonyl (C=O) groups excluding carboxylic acids is 1. The van der Waals surface area contributed by atoms with Gasteiger partial charge in [0.2, 0.25) is 11.5 Å². The van der Waals surface area contributed by atoms with Crippen molar-refractivity contribution in [2.24, 2.45) is 5.10 Å². The van der Waals surface area contributed by atoms with Crippen LogP contribution in [0.25, 0.3) is 0 Å². The van der Waals surface area contributed by atoms with E-state index in [9.17, 15) is 4.79 Å². The van der Waals surface area contributed by atoms with Crippen LogP contribution in [-0.4, -0.2) is 11.5 Å². The third-order valence-electron chi connectivity index (χ3n) is 2.57. The van der Waals surface area contributed by atoms with Crippen molar-refractivity contribution in [2.75, 3.05) is 5.43 Å². The number of anilines is 1. The Kier molecular flexibility index (Phi) is 5.09. The first-order valence-electron chi connectivity index (χ1n) is 5.90. The second kappa shape index (κ2) is 7.02. The molecule has 1 N–H and O–H groups in total. The Morgan fingerprint density at radius 2 is 1.76 bits per heavy atom. The Hall–Kier alpha value is -2.16. The van der Waals surface area contributed by atoms with Crippen LogP contribution in [0.2, 0.25) is 5.02 Å². The van der Waals surface area contributed by atoms with Crippen molar-refractivity contribution in [3.8, 4) is 6.07 Å². The smallest absolute Gasteiger partial charge is 0.223 e. The quantitative estimate of drug-likeness (QED) is 0.501. The number of hydrogen-bond acceptors (Lipinski definition) is 4. The van der Waals surface area contributed by atoms with E-state index in [2.05, 4.69) is 26.5 Å². The number of Topliss-reactive ketones (excluding diaryl/α,β-unsaturated/α-hetero) is 1. The van der Waals surface area contributed by atoms with E-state index in [4.69, 9.17) is 16.9 Å². The molecule has 6 heteroatoms. The van der Waals surface area contributed by atoms with Gasteiger partial charge in [-0.15, -0.1) is 0 Å². The van der Waals surface area contributed by atoms with E-state index in [-0.39, 0.29) is 5.71 Å². The van der Waals surface area contributed by atoms with Crippen molar-refractivity contribution >= 4 is 44.7 Å². The van der Waals surface area contributed by atoms with E-state index in [1.165, 1.54) is 0 Å². The van der Waals surface area contributed by atoms with E-state index in [1.807, 2.05) is 0 Å². The first kappa shape index (κ1) is 15.2. The van der Waals surface area contributed by atoms with Gasteiger partial charge in [0.05, 0.1) is 5.69 Å². The molecule has 0 aliphatic heterocycles. The molecule has 0 heterocycles. The van der Waals surface area contributed by atoms with Crippen molar-refractivity contribution in [1.29, 1.82) is 5.26 Å². The fourth-order valence-electron chi connectivity index (χ4n) is 1.51. The first-order chi connectivity index (χ1) is 10.1. The molecule has 0 aromatic heterocycles. The zero-order valence-electron chi connectivity index (χ0n) is 10.7. The molecule has 104 valence electrons. The second-order valence-corrected chi connectivity index (χ2v) is 5.38. The molecule has 2 aromatic carbocycles. The van der Waals surface area contributed by atoms with Gasteiger partial charge in [-0.1, -0.05) is 27.5 Å². The Morgan fingerprint density at radius 3 is 2.33 bits per heavy atom. The fraction of sp³-hybridized carbons (Fsp3) is 0. The number of ketones is 1. The van der Waals surface area contributed by atoms with Gasteiger partial charge >= 0.3 is 0 Å². The summed E-state index contributed by atoms with van der Waals surface area (Å²) in [6.45, 7) is 0. The number of benzene rings is 2. The minimum atomic E-state index is -0.438. The Bertz CT molecular complexity index is 718. The molecule has 0 bridgehead atoms. The van der Waals surface area contributed by atoms with Gasteiger partial charge in [0.15, 0.2) is 0 Å². The largest absolute Gasteiger partial charge is 0.286 e. The van der Waals surface area contributed by atoms with Crippen molar-refractivity contribution < 1.29 is 4.79 Å². The molecule has 0 aliphatic rings. The molecule has 0 fully saturated rings. The van der Waals surface area contributed by atoms with Gasteiger partial charge in [-0.2, -0.15) is 10.4 Å². The molecule has 0 spiro atoms. The first-order valence-corrected chi connectivity index (χ1v) is 7.07. The summed E-state index contributed by atoms with van der Waals surface area (Å²) in [5, 5.41) is 13.5. The monoisotopic (exact) mass is 361 g/mol. The molecule has 0 unspecified atom stereocenters. The number of hydrazone groups is 1. The van der Waals surface area contributed by atoms with Crippen LogP contribution in [-0.2, 0) is 0 Å². The lowest BCUT2D eigenvalue weighted by Gasteiger charge is -2.02. The molecule has 0 saturated heterocycles.